The number of amides is 1. The summed E-state index contributed by atoms with van der Waals surface area (Å²) in [6.07, 6.45) is 4.79. The van der Waals surface area contributed by atoms with Gasteiger partial charge in [-0.3, -0.25) is 15.6 Å². The molecule has 5 heteroatoms. The molecular formula is C19H28N3O2+. The molecule has 1 aliphatic heterocycles. The van der Waals surface area contributed by atoms with Crippen LogP contribution in [-0.4, -0.2) is 38.8 Å². The largest absolute Gasteiger partial charge is 0.370 e. The molecule has 3 rings (SSSR count). The van der Waals surface area contributed by atoms with Crippen molar-refractivity contribution in [3.63, 3.8) is 0 Å². The smallest absolute Gasteiger partial charge is 0.243 e. The van der Waals surface area contributed by atoms with E-state index in [0.717, 1.165) is 51.4 Å². The van der Waals surface area contributed by atoms with Gasteiger partial charge in [0.1, 0.15) is 13.1 Å². The van der Waals surface area contributed by atoms with E-state index in [1.807, 2.05) is 0 Å². The molecule has 5 nitrogen and oxygen atoms in total. The second-order valence-electron chi connectivity index (χ2n) is 6.80. The summed E-state index contributed by atoms with van der Waals surface area (Å²) >= 11 is 0. The van der Waals surface area contributed by atoms with Gasteiger partial charge in [0.2, 0.25) is 5.91 Å². The summed E-state index contributed by atoms with van der Waals surface area (Å²) in [7, 11) is 0. The van der Waals surface area contributed by atoms with E-state index < -0.39 is 0 Å². The van der Waals surface area contributed by atoms with Crippen molar-refractivity contribution in [2.45, 2.75) is 33.1 Å². The second kappa shape index (κ2) is 7.81. The van der Waals surface area contributed by atoms with Crippen molar-refractivity contribution in [2.75, 3.05) is 32.8 Å². The van der Waals surface area contributed by atoms with Crippen molar-refractivity contribution >= 4 is 11.6 Å². The van der Waals surface area contributed by atoms with Crippen LogP contribution < -0.4 is 15.8 Å². The Morgan fingerprint density at radius 3 is 2.83 bits per heavy atom. The molecule has 0 bridgehead atoms. The maximum absolute atomic E-state index is 12.1. The number of carbonyl (C=O) groups excluding carboxylic acids is 1. The summed E-state index contributed by atoms with van der Waals surface area (Å²) in [4.78, 5) is 13.6. The number of allylic oxidation sites excluding steroid dienone is 1. The molecule has 24 heavy (non-hydrogen) atoms. The third-order valence-electron chi connectivity index (χ3n) is 4.89. The minimum absolute atomic E-state index is 0.0476. The monoisotopic (exact) mass is 330 g/mol. The highest BCUT2D eigenvalue weighted by Crippen LogP contribution is 2.28. The molecule has 0 aromatic heterocycles. The summed E-state index contributed by atoms with van der Waals surface area (Å²) in [5.74, 6) is 0.0476. The number of hydrazine groups is 1. The molecule has 1 heterocycles. The van der Waals surface area contributed by atoms with E-state index in [9.17, 15) is 4.79 Å². The predicted octanol–water partition coefficient (Wildman–Crippen LogP) is 0.517. The highest BCUT2D eigenvalue weighted by molar-refractivity contribution is 5.78. The third-order valence-corrected chi connectivity index (χ3v) is 4.89. The fourth-order valence-electron chi connectivity index (χ4n) is 3.56. The first kappa shape index (κ1) is 17.0. The minimum Gasteiger partial charge on any atom is -0.370 e. The number of benzene rings is 1. The maximum Gasteiger partial charge on any atom is 0.243 e. The SMILES string of the molecule is Cc1cc(C)c2c(c1)C(NNC(=O)CC[NH+]1CCOCC1)=CCC2. The Labute approximate surface area is 144 Å². The lowest BCUT2D eigenvalue weighted by Gasteiger charge is -2.24. The Bertz CT molecular complexity index is 634. The summed E-state index contributed by atoms with van der Waals surface area (Å²) < 4.78 is 5.34. The lowest BCUT2D eigenvalue weighted by Crippen LogP contribution is -3.14. The van der Waals surface area contributed by atoms with Gasteiger partial charge in [-0.1, -0.05) is 17.7 Å². The van der Waals surface area contributed by atoms with Gasteiger partial charge in [-0.2, -0.15) is 0 Å². The lowest BCUT2D eigenvalue weighted by molar-refractivity contribution is -0.907. The molecule has 1 aromatic carbocycles. The van der Waals surface area contributed by atoms with Crippen molar-refractivity contribution in [1.29, 1.82) is 0 Å². The van der Waals surface area contributed by atoms with E-state index in [-0.39, 0.29) is 5.91 Å². The summed E-state index contributed by atoms with van der Waals surface area (Å²) in [6, 6.07) is 4.43. The molecule has 3 N–H and O–H groups in total. The zero-order chi connectivity index (χ0) is 16.9. The van der Waals surface area contributed by atoms with Gasteiger partial charge in [0.25, 0.3) is 0 Å². The normalized spacial score (nSPS) is 17.8. The number of carbonyl (C=O) groups is 1. The van der Waals surface area contributed by atoms with E-state index >= 15 is 0 Å². The lowest BCUT2D eigenvalue weighted by atomic mass is 9.89. The van der Waals surface area contributed by atoms with Gasteiger partial charge in [0.15, 0.2) is 0 Å². The van der Waals surface area contributed by atoms with Crippen LogP contribution >= 0.6 is 0 Å². The maximum atomic E-state index is 12.1. The van der Waals surface area contributed by atoms with Gasteiger partial charge in [-0.15, -0.1) is 0 Å². The third kappa shape index (κ3) is 4.16. The van der Waals surface area contributed by atoms with Crippen LogP contribution in [0.2, 0.25) is 0 Å². The van der Waals surface area contributed by atoms with Crippen molar-refractivity contribution in [1.82, 2.24) is 10.9 Å². The Hall–Kier alpha value is -1.85. The first-order valence-electron chi connectivity index (χ1n) is 8.90. The van der Waals surface area contributed by atoms with Gasteiger partial charge < -0.3 is 9.64 Å². The molecule has 0 unspecified atom stereocenters. The fraction of sp³-hybridized carbons (Fsp3) is 0.526. The Morgan fingerprint density at radius 2 is 2.04 bits per heavy atom. The highest BCUT2D eigenvalue weighted by Gasteiger charge is 2.17. The van der Waals surface area contributed by atoms with Crippen LogP contribution in [-0.2, 0) is 16.0 Å². The second-order valence-corrected chi connectivity index (χ2v) is 6.80. The number of ether oxygens (including phenoxy) is 1. The van der Waals surface area contributed by atoms with Crippen LogP contribution in [0, 0.1) is 13.8 Å². The zero-order valence-corrected chi connectivity index (χ0v) is 14.7. The summed E-state index contributed by atoms with van der Waals surface area (Å²) in [5, 5.41) is 0. The van der Waals surface area contributed by atoms with E-state index in [4.69, 9.17) is 4.74 Å². The standard InChI is InChI=1S/C19H27N3O2/c1-14-12-15(2)16-4-3-5-18(17(16)13-14)20-21-19(23)6-7-22-8-10-24-11-9-22/h5,12-13,20H,3-4,6-11H2,1-2H3,(H,21,23)/p+1. The number of aryl methyl sites for hydroxylation is 2. The number of nitrogens with one attached hydrogen (secondary N) is 3. The average molecular weight is 330 g/mol. The molecule has 1 fully saturated rings. The van der Waals surface area contributed by atoms with Crippen molar-refractivity contribution in [3.05, 3.63) is 40.5 Å². The summed E-state index contributed by atoms with van der Waals surface area (Å²) in [6.45, 7) is 8.75. The van der Waals surface area contributed by atoms with Gasteiger partial charge in [0.05, 0.1) is 31.9 Å². The van der Waals surface area contributed by atoms with Crippen molar-refractivity contribution < 1.29 is 14.4 Å². The first-order valence-corrected chi connectivity index (χ1v) is 8.90. The van der Waals surface area contributed by atoms with Gasteiger partial charge in [0, 0.05) is 5.56 Å². The van der Waals surface area contributed by atoms with Crippen LogP contribution in [0.15, 0.2) is 18.2 Å². The van der Waals surface area contributed by atoms with E-state index in [0.29, 0.717) is 6.42 Å². The molecule has 1 saturated heterocycles. The number of morpholine rings is 1. The Balaban J connectivity index is 1.53. The molecule has 0 atom stereocenters. The van der Waals surface area contributed by atoms with Crippen LogP contribution in [0.25, 0.3) is 5.70 Å². The molecule has 0 spiro atoms. The van der Waals surface area contributed by atoms with Gasteiger partial charge in [-0.25, -0.2) is 0 Å². The van der Waals surface area contributed by atoms with Crippen LogP contribution in [0.3, 0.4) is 0 Å². The number of quaternary nitrogens is 1. The molecule has 0 saturated carbocycles. The van der Waals surface area contributed by atoms with E-state index in [1.165, 1.54) is 27.2 Å². The van der Waals surface area contributed by atoms with E-state index in [2.05, 4.69) is 42.9 Å². The van der Waals surface area contributed by atoms with Crippen LogP contribution in [0.5, 0.6) is 0 Å². The van der Waals surface area contributed by atoms with E-state index in [1.54, 1.807) is 0 Å². The zero-order valence-electron chi connectivity index (χ0n) is 14.7. The number of fused-ring (bicyclic) bond motifs is 1. The molecule has 1 aromatic rings. The molecule has 1 aliphatic carbocycles. The van der Waals surface area contributed by atoms with Crippen LogP contribution in [0.1, 0.15) is 35.1 Å². The van der Waals surface area contributed by atoms with Crippen molar-refractivity contribution in [3.8, 4) is 0 Å². The van der Waals surface area contributed by atoms with Gasteiger partial charge >= 0.3 is 0 Å². The topological polar surface area (TPSA) is 54.8 Å². The molecule has 2 aliphatic rings. The minimum atomic E-state index is 0.0476. The number of hydrogen-bond acceptors (Lipinski definition) is 3. The summed E-state index contributed by atoms with van der Waals surface area (Å²) in [5.41, 5.74) is 12.2. The highest BCUT2D eigenvalue weighted by atomic mass is 16.5. The number of hydrogen-bond donors (Lipinski definition) is 3. The van der Waals surface area contributed by atoms with Gasteiger partial charge in [-0.05, 0) is 43.9 Å². The number of rotatable bonds is 5. The quantitative estimate of drug-likeness (QED) is 0.690. The molecule has 1 amide bonds. The molecule has 130 valence electrons. The predicted molar refractivity (Wildman–Crippen MR) is 94.5 cm³/mol. The first-order chi connectivity index (χ1) is 11.6. The van der Waals surface area contributed by atoms with Crippen molar-refractivity contribution in [2.24, 2.45) is 0 Å². The molecular weight excluding hydrogens is 302 g/mol. The van der Waals surface area contributed by atoms with Crippen LogP contribution in [0.4, 0.5) is 0 Å². The Morgan fingerprint density at radius 1 is 1.25 bits per heavy atom. The fourth-order valence-corrected chi connectivity index (χ4v) is 3.56. The average Bonchev–Trinajstić information content (AvgIpc) is 2.59. The Kier molecular flexibility index (Phi) is 5.53. The molecule has 0 radical (unpaired) electrons.